The summed E-state index contributed by atoms with van der Waals surface area (Å²) in [6.07, 6.45) is -4.42. The van der Waals surface area contributed by atoms with Gasteiger partial charge in [0, 0.05) is 9.75 Å². The summed E-state index contributed by atoms with van der Waals surface area (Å²) in [5.74, 6) is 0. The van der Waals surface area contributed by atoms with Crippen molar-refractivity contribution in [1.82, 2.24) is 10.2 Å². The van der Waals surface area contributed by atoms with E-state index in [1.54, 1.807) is 11.3 Å². The second-order valence-electron chi connectivity index (χ2n) is 3.28. The Kier molecular flexibility index (Phi) is 3.34. The second-order valence-corrected chi connectivity index (χ2v) is 5.63. The second kappa shape index (κ2) is 4.61. The number of thiophene rings is 1. The van der Waals surface area contributed by atoms with Crippen LogP contribution in [0.1, 0.15) is 14.8 Å². The standard InChI is InChI=1S/C9H8F3N3S2/c1-5-2-3-6(16-5)4-13-8-15-14-7(17-8)9(10,11)12/h2-3H,4H2,1H3,(H,13,15). The average molecular weight is 279 g/mol. The van der Waals surface area contributed by atoms with Crippen LogP contribution in [0.3, 0.4) is 0 Å². The van der Waals surface area contributed by atoms with Crippen molar-refractivity contribution in [3.63, 3.8) is 0 Å². The van der Waals surface area contributed by atoms with Crippen molar-refractivity contribution in [2.45, 2.75) is 19.6 Å². The van der Waals surface area contributed by atoms with E-state index in [-0.39, 0.29) is 5.13 Å². The minimum atomic E-state index is -4.42. The number of hydrogen-bond acceptors (Lipinski definition) is 5. The summed E-state index contributed by atoms with van der Waals surface area (Å²) < 4.78 is 36.7. The molecular weight excluding hydrogens is 271 g/mol. The molecule has 0 fully saturated rings. The number of aromatic nitrogens is 2. The highest BCUT2D eigenvalue weighted by atomic mass is 32.1. The molecule has 0 aliphatic heterocycles. The van der Waals surface area contributed by atoms with E-state index in [9.17, 15) is 13.2 Å². The molecule has 92 valence electrons. The van der Waals surface area contributed by atoms with Gasteiger partial charge in [-0.15, -0.1) is 21.5 Å². The van der Waals surface area contributed by atoms with E-state index in [4.69, 9.17) is 0 Å². The number of aryl methyl sites for hydroxylation is 1. The quantitative estimate of drug-likeness (QED) is 0.933. The molecule has 0 bridgehead atoms. The summed E-state index contributed by atoms with van der Waals surface area (Å²) in [4.78, 5) is 2.21. The summed E-state index contributed by atoms with van der Waals surface area (Å²) in [5, 5.41) is 8.61. The Balaban J connectivity index is 1.98. The molecule has 2 aromatic rings. The van der Waals surface area contributed by atoms with E-state index in [0.717, 1.165) is 9.75 Å². The van der Waals surface area contributed by atoms with Crippen molar-refractivity contribution in [2.75, 3.05) is 5.32 Å². The number of anilines is 1. The molecule has 0 atom stereocenters. The van der Waals surface area contributed by atoms with Crippen LogP contribution in [0.2, 0.25) is 0 Å². The lowest BCUT2D eigenvalue weighted by atomic mass is 10.4. The summed E-state index contributed by atoms with van der Waals surface area (Å²) in [5.41, 5.74) is 0. The van der Waals surface area contributed by atoms with Crippen molar-refractivity contribution in [1.29, 1.82) is 0 Å². The SMILES string of the molecule is Cc1ccc(CNc2nnc(C(F)(F)F)s2)s1. The molecule has 0 spiro atoms. The van der Waals surface area contributed by atoms with Crippen LogP contribution in [0.15, 0.2) is 12.1 Å². The molecule has 0 saturated carbocycles. The molecule has 1 N–H and O–H groups in total. The first kappa shape index (κ1) is 12.3. The van der Waals surface area contributed by atoms with Gasteiger partial charge in [-0.2, -0.15) is 13.2 Å². The molecule has 2 rings (SSSR count). The van der Waals surface area contributed by atoms with Crippen LogP contribution in [0.4, 0.5) is 18.3 Å². The lowest BCUT2D eigenvalue weighted by Crippen LogP contribution is -2.03. The number of hydrogen-bond donors (Lipinski definition) is 1. The number of halogens is 3. The summed E-state index contributed by atoms with van der Waals surface area (Å²) in [6, 6.07) is 3.89. The highest BCUT2D eigenvalue weighted by molar-refractivity contribution is 7.15. The molecular formula is C9H8F3N3S2. The van der Waals surface area contributed by atoms with E-state index in [1.807, 2.05) is 19.1 Å². The van der Waals surface area contributed by atoms with E-state index in [0.29, 0.717) is 17.9 Å². The molecule has 2 aromatic heterocycles. The molecule has 0 aromatic carbocycles. The maximum atomic E-state index is 12.2. The number of nitrogens with one attached hydrogen (secondary N) is 1. The van der Waals surface area contributed by atoms with Crippen molar-refractivity contribution < 1.29 is 13.2 Å². The maximum absolute atomic E-state index is 12.2. The van der Waals surface area contributed by atoms with Crippen LogP contribution in [-0.4, -0.2) is 10.2 Å². The van der Waals surface area contributed by atoms with Gasteiger partial charge in [-0.05, 0) is 19.1 Å². The molecule has 0 amide bonds. The number of nitrogens with zero attached hydrogens (tertiary/aromatic N) is 2. The highest BCUT2D eigenvalue weighted by Crippen LogP contribution is 2.33. The molecule has 0 radical (unpaired) electrons. The van der Waals surface area contributed by atoms with Gasteiger partial charge in [0.15, 0.2) is 0 Å². The fourth-order valence-corrected chi connectivity index (χ4v) is 2.59. The van der Waals surface area contributed by atoms with Gasteiger partial charge in [0.05, 0.1) is 6.54 Å². The van der Waals surface area contributed by atoms with Gasteiger partial charge in [0.25, 0.3) is 0 Å². The highest BCUT2D eigenvalue weighted by Gasteiger charge is 2.35. The molecule has 3 nitrogen and oxygen atoms in total. The maximum Gasteiger partial charge on any atom is 0.445 e. The van der Waals surface area contributed by atoms with Gasteiger partial charge in [0.1, 0.15) is 0 Å². The third-order valence-corrected chi connectivity index (χ3v) is 3.80. The summed E-state index contributed by atoms with van der Waals surface area (Å²) in [6.45, 7) is 2.44. The Morgan fingerprint density at radius 3 is 2.53 bits per heavy atom. The van der Waals surface area contributed by atoms with Crippen molar-refractivity contribution in [2.24, 2.45) is 0 Å². The minimum absolute atomic E-state index is 0.184. The zero-order valence-electron chi connectivity index (χ0n) is 8.71. The molecule has 0 unspecified atom stereocenters. The van der Waals surface area contributed by atoms with Gasteiger partial charge < -0.3 is 5.32 Å². The van der Waals surface area contributed by atoms with E-state index >= 15 is 0 Å². The van der Waals surface area contributed by atoms with Crippen LogP contribution in [0, 0.1) is 6.92 Å². The molecule has 17 heavy (non-hydrogen) atoms. The van der Waals surface area contributed by atoms with E-state index < -0.39 is 11.2 Å². The van der Waals surface area contributed by atoms with Gasteiger partial charge in [0.2, 0.25) is 10.1 Å². The smallest absolute Gasteiger partial charge is 0.355 e. The third-order valence-electron chi connectivity index (χ3n) is 1.88. The summed E-state index contributed by atoms with van der Waals surface area (Å²) >= 11 is 2.10. The zero-order valence-corrected chi connectivity index (χ0v) is 10.3. The zero-order chi connectivity index (χ0) is 12.5. The van der Waals surface area contributed by atoms with Crippen molar-refractivity contribution in [3.8, 4) is 0 Å². The fraction of sp³-hybridized carbons (Fsp3) is 0.333. The Hall–Kier alpha value is -1.15. The van der Waals surface area contributed by atoms with Crippen LogP contribution >= 0.6 is 22.7 Å². The van der Waals surface area contributed by atoms with Crippen molar-refractivity contribution >= 4 is 27.8 Å². The predicted octanol–water partition coefficient (Wildman–Crippen LogP) is 3.54. The molecule has 0 saturated heterocycles. The third kappa shape index (κ3) is 3.16. The van der Waals surface area contributed by atoms with Gasteiger partial charge in [-0.3, -0.25) is 0 Å². The first-order chi connectivity index (χ1) is 7.95. The normalized spacial score (nSPS) is 11.8. The van der Waals surface area contributed by atoms with Crippen LogP contribution < -0.4 is 5.32 Å². The topological polar surface area (TPSA) is 37.8 Å². The fourth-order valence-electron chi connectivity index (χ4n) is 1.15. The largest absolute Gasteiger partial charge is 0.445 e. The number of rotatable bonds is 3. The van der Waals surface area contributed by atoms with Gasteiger partial charge in [-0.1, -0.05) is 11.3 Å². The molecule has 0 aliphatic carbocycles. The Morgan fingerprint density at radius 2 is 2.00 bits per heavy atom. The Morgan fingerprint density at radius 1 is 1.24 bits per heavy atom. The molecule has 8 heteroatoms. The van der Waals surface area contributed by atoms with Crippen molar-refractivity contribution in [3.05, 3.63) is 26.9 Å². The molecule has 0 aliphatic rings. The number of alkyl halides is 3. The Bertz CT molecular complexity index is 504. The van der Waals surface area contributed by atoms with Crippen LogP contribution in [0.25, 0.3) is 0 Å². The van der Waals surface area contributed by atoms with E-state index in [1.165, 1.54) is 0 Å². The van der Waals surface area contributed by atoms with Crippen LogP contribution in [-0.2, 0) is 12.7 Å². The molecule has 2 heterocycles. The van der Waals surface area contributed by atoms with E-state index in [2.05, 4.69) is 15.5 Å². The average Bonchev–Trinajstić information content (AvgIpc) is 2.82. The lowest BCUT2D eigenvalue weighted by Gasteiger charge is -1.99. The first-order valence-corrected chi connectivity index (χ1v) is 6.28. The Labute approximate surface area is 103 Å². The van der Waals surface area contributed by atoms with Gasteiger partial charge in [-0.25, -0.2) is 0 Å². The monoisotopic (exact) mass is 279 g/mol. The lowest BCUT2D eigenvalue weighted by molar-refractivity contribution is -0.138. The van der Waals surface area contributed by atoms with Crippen LogP contribution in [0.5, 0.6) is 0 Å². The predicted molar refractivity (Wildman–Crippen MR) is 61.3 cm³/mol. The summed E-state index contributed by atoms with van der Waals surface area (Å²) in [7, 11) is 0. The first-order valence-electron chi connectivity index (χ1n) is 4.65. The minimum Gasteiger partial charge on any atom is -0.355 e. The van der Waals surface area contributed by atoms with Gasteiger partial charge >= 0.3 is 6.18 Å².